The van der Waals surface area contributed by atoms with Crippen LogP contribution in [0.15, 0.2) is 47.5 Å². The fraction of sp³-hybridized carbons (Fsp3) is 0.464. The van der Waals surface area contributed by atoms with Crippen molar-refractivity contribution in [1.29, 1.82) is 0 Å². The first kappa shape index (κ1) is 25.3. The van der Waals surface area contributed by atoms with Crippen LogP contribution in [0.4, 0.5) is 0 Å². The Balaban J connectivity index is 1.46. The first-order chi connectivity index (χ1) is 17.7. The average molecular weight is 525 g/mol. The summed E-state index contributed by atoms with van der Waals surface area (Å²) in [4.78, 5) is 43.0. The predicted octanol–water partition coefficient (Wildman–Crippen LogP) is 4.40. The molecule has 3 heterocycles. The van der Waals surface area contributed by atoms with Crippen LogP contribution >= 0.6 is 11.3 Å². The van der Waals surface area contributed by atoms with Crippen LogP contribution < -0.4 is 14.8 Å². The van der Waals surface area contributed by atoms with Crippen molar-refractivity contribution < 1.29 is 28.6 Å². The number of carbonyl (C=O) groups excluding carboxylic acids is 3. The second-order valence-corrected chi connectivity index (χ2v) is 11.8. The standard InChI is InChI=1S/C28H32N2O6S/c1-27(2)9-8-23-28(16-27,26(33)34-3)13-19(12-24(31)29-14-20-5-4-10-37-20)25(32)30(23)15-18-6-7-21-22(11-18)36-17-35-21/h4-8,10-11,19H,9,12-17H2,1-3H3,(H,29,31)/t19-,28-/m1/s1. The molecule has 1 aromatic heterocycles. The number of allylic oxidation sites excluding steroid dienone is 1. The van der Waals surface area contributed by atoms with Crippen molar-refractivity contribution in [3.63, 3.8) is 0 Å². The van der Waals surface area contributed by atoms with Gasteiger partial charge in [-0.15, -0.1) is 11.3 Å². The van der Waals surface area contributed by atoms with Crippen molar-refractivity contribution in [2.24, 2.45) is 16.7 Å². The lowest BCUT2D eigenvalue weighted by Gasteiger charge is -2.51. The molecule has 2 aromatic rings. The maximum Gasteiger partial charge on any atom is 0.317 e. The molecule has 8 nitrogen and oxygen atoms in total. The van der Waals surface area contributed by atoms with Crippen molar-refractivity contribution >= 4 is 29.1 Å². The van der Waals surface area contributed by atoms with Crippen LogP contribution in [0.5, 0.6) is 11.5 Å². The summed E-state index contributed by atoms with van der Waals surface area (Å²) < 4.78 is 16.3. The highest BCUT2D eigenvalue weighted by atomic mass is 32.1. The topological polar surface area (TPSA) is 94.2 Å². The monoisotopic (exact) mass is 524 g/mol. The molecule has 37 heavy (non-hydrogen) atoms. The number of nitrogens with one attached hydrogen (secondary N) is 1. The van der Waals surface area contributed by atoms with E-state index in [1.54, 1.807) is 16.2 Å². The highest BCUT2D eigenvalue weighted by molar-refractivity contribution is 7.09. The van der Waals surface area contributed by atoms with Crippen molar-refractivity contribution in [2.75, 3.05) is 13.9 Å². The van der Waals surface area contributed by atoms with Crippen LogP contribution in [0.25, 0.3) is 0 Å². The molecule has 1 aromatic carbocycles. The fourth-order valence-corrected chi connectivity index (χ4v) is 6.48. The number of carbonyl (C=O) groups is 3. The number of amides is 2. The molecule has 9 heteroatoms. The smallest absolute Gasteiger partial charge is 0.317 e. The van der Waals surface area contributed by atoms with E-state index in [-0.39, 0.29) is 49.4 Å². The lowest BCUT2D eigenvalue weighted by molar-refractivity contribution is -0.162. The number of ether oxygens (including phenoxy) is 3. The van der Waals surface area contributed by atoms with E-state index in [4.69, 9.17) is 14.2 Å². The molecule has 1 fully saturated rings. The molecule has 1 saturated heterocycles. The molecule has 0 radical (unpaired) electrons. The molecule has 1 aliphatic carbocycles. The summed E-state index contributed by atoms with van der Waals surface area (Å²) in [6, 6.07) is 9.47. The Bertz CT molecular complexity index is 1240. The van der Waals surface area contributed by atoms with Crippen molar-refractivity contribution in [3.8, 4) is 11.5 Å². The van der Waals surface area contributed by atoms with Gasteiger partial charge in [-0.2, -0.15) is 0 Å². The third-order valence-electron chi connectivity index (χ3n) is 7.45. The van der Waals surface area contributed by atoms with E-state index < -0.39 is 11.3 Å². The highest BCUT2D eigenvalue weighted by Crippen LogP contribution is 2.55. The number of hydrogen-bond donors (Lipinski definition) is 1. The predicted molar refractivity (Wildman–Crippen MR) is 138 cm³/mol. The molecular weight excluding hydrogens is 492 g/mol. The molecule has 2 atom stereocenters. The van der Waals surface area contributed by atoms with Gasteiger partial charge < -0.3 is 24.4 Å². The molecule has 2 aliphatic heterocycles. The maximum atomic E-state index is 13.9. The minimum absolute atomic E-state index is 0.00823. The lowest BCUT2D eigenvalue weighted by Crippen LogP contribution is -2.55. The fourth-order valence-electron chi connectivity index (χ4n) is 5.84. The Morgan fingerprint density at radius 3 is 2.78 bits per heavy atom. The summed E-state index contributed by atoms with van der Waals surface area (Å²) in [5.74, 6) is -0.0890. The zero-order valence-corrected chi connectivity index (χ0v) is 22.2. The average Bonchev–Trinajstić information content (AvgIpc) is 3.56. The van der Waals surface area contributed by atoms with Crippen molar-refractivity contribution in [3.05, 3.63) is 57.9 Å². The maximum absolute atomic E-state index is 13.9. The van der Waals surface area contributed by atoms with Gasteiger partial charge in [-0.1, -0.05) is 32.1 Å². The first-order valence-corrected chi connectivity index (χ1v) is 13.4. The van der Waals surface area contributed by atoms with Gasteiger partial charge >= 0.3 is 5.97 Å². The number of rotatable bonds is 7. The van der Waals surface area contributed by atoms with Gasteiger partial charge in [0, 0.05) is 22.9 Å². The summed E-state index contributed by atoms with van der Waals surface area (Å²) >= 11 is 1.56. The third-order valence-corrected chi connectivity index (χ3v) is 8.32. The molecule has 196 valence electrons. The number of methoxy groups -OCH3 is 1. The first-order valence-electron chi connectivity index (χ1n) is 12.5. The second kappa shape index (κ2) is 9.85. The van der Waals surface area contributed by atoms with Gasteiger partial charge in [-0.25, -0.2) is 0 Å². The van der Waals surface area contributed by atoms with E-state index in [0.717, 1.165) is 16.9 Å². The Morgan fingerprint density at radius 1 is 1.22 bits per heavy atom. The van der Waals surface area contributed by atoms with Crippen molar-refractivity contribution in [1.82, 2.24) is 10.2 Å². The summed E-state index contributed by atoms with van der Waals surface area (Å²) in [6.45, 7) is 5.07. The molecular formula is C28H32N2O6S. The van der Waals surface area contributed by atoms with E-state index >= 15 is 0 Å². The van der Waals surface area contributed by atoms with Gasteiger partial charge in [0.25, 0.3) is 0 Å². The van der Waals surface area contributed by atoms with Gasteiger partial charge in [-0.05, 0) is 53.8 Å². The third kappa shape index (κ3) is 4.97. The number of nitrogens with zero attached hydrogens (tertiary/aromatic N) is 1. The number of benzene rings is 1. The minimum Gasteiger partial charge on any atom is -0.468 e. The number of esters is 1. The van der Waals surface area contributed by atoms with E-state index in [1.165, 1.54) is 7.11 Å². The van der Waals surface area contributed by atoms with Crippen LogP contribution in [0, 0.1) is 16.7 Å². The molecule has 0 spiro atoms. The van der Waals surface area contributed by atoms with Crippen LogP contribution in [0.1, 0.15) is 50.0 Å². The Morgan fingerprint density at radius 2 is 2.03 bits per heavy atom. The Labute approximate surface area is 220 Å². The van der Waals surface area contributed by atoms with Crippen molar-refractivity contribution in [2.45, 2.75) is 52.6 Å². The Hall–Kier alpha value is -3.33. The summed E-state index contributed by atoms with van der Waals surface area (Å²) in [5.41, 5.74) is 0.370. The van der Waals surface area contributed by atoms with Gasteiger partial charge in [0.15, 0.2) is 11.5 Å². The normalized spacial score (nSPS) is 23.8. The van der Waals surface area contributed by atoms with Gasteiger partial charge in [-0.3, -0.25) is 14.4 Å². The number of thiophene rings is 1. The van der Waals surface area contributed by atoms with E-state index in [1.807, 2.05) is 41.8 Å². The lowest BCUT2D eigenvalue weighted by atomic mass is 9.59. The summed E-state index contributed by atoms with van der Waals surface area (Å²) in [5, 5.41) is 4.89. The molecule has 1 N–H and O–H groups in total. The highest BCUT2D eigenvalue weighted by Gasteiger charge is 2.57. The minimum atomic E-state index is -1.00. The molecule has 3 aliphatic rings. The number of likely N-dealkylation sites (tertiary alicyclic amines) is 1. The molecule has 0 saturated carbocycles. The van der Waals surface area contributed by atoms with E-state index in [2.05, 4.69) is 19.2 Å². The second-order valence-electron chi connectivity index (χ2n) is 10.8. The van der Waals surface area contributed by atoms with Crippen LogP contribution in [-0.2, 0) is 32.2 Å². The largest absolute Gasteiger partial charge is 0.468 e. The molecule has 2 amide bonds. The zero-order chi connectivity index (χ0) is 26.2. The molecule has 0 unspecified atom stereocenters. The zero-order valence-electron chi connectivity index (χ0n) is 21.4. The number of piperidine rings is 1. The van der Waals surface area contributed by atoms with Crippen LogP contribution in [0.2, 0.25) is 0 Å². The summed E-state index contributed by atoms with van der Waals surface area (Å²) in [7, 11) is 1.39. The number of fused-ring (bicyclic) bond motifs is 2. The van der Waals surface area contributed by atoms with E-state index in [0.29, 0.717) is 30.2 Å². The molecule has 5 rings (SSSR count). The molecule has 0 bridgehead atoms. The van der Waals surface area contributed by atoms with Gasteiger partial charge in [0.2, 0.25) is 18.6 Å². The Kier molecular flexibility index (Phi) is 6.74. The summed E-state index contributed by atoms with van der Waals surface area (Å²) in [6.07, 6.45) is 3.54. The van der Waals surface area contributed by atoms with Crippen LogP contribution in [-0.4, -0.2) is 36.6 Å². The SMILES string of the molecule is COC(=O)[C@@]12C[C@@H](CC(=O)NCc3cccs3)C(=O)N(Cc3ccc4c(c3)OCO4)C1=CCC(C)(C)C2. The quantitative estimate of drug-likeness (QED) is 0.540. The van der Waals surface area contributed by atoms with Gasteiger partial charge in [0.1, 0.15) is 5.41 Å². The van der Waals surface area contributed by atoms with Crippen LogP contribution in [0.3, 0.4) is 0 Å². The number of hydrogen-bond acceptors (Lipinski definition) is 7. The van der Waals surface area contributed by atoms with Gasteiger partial charge in [0.05, 0.1) is 20.2 Å². The van der Waals surface area contributed by atoms with E-state index in [9.17, 15) is 14.4 Å².